The fraction of sp³-hybridized carbons (Fsp3) is 0.519. The van der Waals surface area contributed by atoms with Crippen LogP contribution in [0.4, 0.5) is 5.82 Å². The number of aliphatic hydroxyl groups is 1. The minimum absolute atomic E-state index is 0.202. The van der Waals surface area contributed by atoms with Crippen LogP contribution in [0.2, 0.25) is 5.15 Å². The maximum atomic E-state index is 12.8. The number of benzene rings is 1. The minimum atomic E-state index is -1.11. The summed E-state index contributed by atoms with van der Waals surface area (Å²) in [5.41, 5.74) is 1.05. The highest BCUT2D eigenvalue weighted by Gasteiger charge is 2.30. The molecular weight excluding hydrogens is 544 g/mol. The molecule has 3 heterocycles. The molecule has 2 aliphatic heterocycles. The average molecular weight is 580 g/mol. The van der Waals surface area contributed by atoms with Crippen LogP contribution < -0.4 is 10.2 Å². The van der Waals surface area contributed by atoms with Crippen molar-refractivity contribution in [1.29, 1.82) is 0 Å². The van der Waals surface area contributed by atoms with Crippen molar-refractivity contribution < 1.29 is 14.7 Å². The first-order valence-corrected chi connectivity index (χ1v) is 13.7. The highest BCUT2D eigenvalue weighted by atomic mass is 79.9. The van der Waals surface area contributed by atoms with Crippen LogP contribution in [0.3, 0.4) is 0 Å². The molecule has 1 atom stereocenters. The highest BCUT2D eigenvalue weighted by molar-refractivity contribution is 9.10. The number of piperidine rings is 2. The van der Waals surface area contributed by atoms with Gasteiger partial charge in [-0.3, -0.25) is 9.59 Å². The number of carbonyl (C=O) groups is 2. The van der Waals surface area contributed by atoms with E-state index in [1.165, 1.54) is 6.42 Å². The van der Waals surface area contributed by atoms with Crippen LogP contribution in [0.15, 0.2) is 40.9 Å². The molecule has 7 nitrogen and oxygen atoms in total. The number of pyridine rings is 1. The molecule has 1 aromatic carbocycles. The van der Waals surface area contributed by atoms with Gasteiger partial charge in [-0.2, -0.15) is 0 Å². The monoisotopic (exact) mass is 578 g/mol. The number of aldehydes is 1. The molecule has 0 aliphatic carbocycles. The molecule has 2 aliphatic rings. The standard InChI is InChI=1S/C25H29BrClN3O3.C2H7N/c26-21-3-1-2-19(15-21)23(32)25(33)30-12-8-18(9-13-30)14-17-6-10-29(11-7-17)22-5-4-20(16-31)24(27)28-22;1-3-2/h1-5,15-18,23,32H,6-14H2;3H,1-2H3. The van der Waals surface area contributed by atoms with E-state index in [0.717, 1.165) is 55.3 Å². The smallest absolute Gasteiger partial charge is 0.256 e. The number of anilines is 1. The molecule has 196 valence electrons. The Bertz CT molecular complexity index is 1010. The van der Waals surface area contributed by atoms with Gasteiger partial charge >= 0.3 is 0 Å². The van der Waals surface area contributed by atoms with Crippen molar-refractivity contribution in [3.63, 3.8) is 0 Å². The third-order valence-electron chi connectivity index (χ3n) is 6.92. The summed E-state index contributed by atoms with van der Waals surface area (Å²) in [5, 5.41) is 13.5. The maximum Gasteiger partial charge on any atom is 0.256 e. The summed E-state index contributed by atoms with van der Waals surface area (Å²) in [6.45, 7) is 3.28. The molecule has 2 N–H and O–H groups in total. The predicted octanol–water partition coefficient (Wildman–Crippen LogP) is 4.72. The minimum Gasteiger partial charge on any atom is -0.378 e. The normalized spacial score (nSPS) is 17.8. The number of nitrogens with zero attached hydrogens (tertiary/aromatic N) is 3. The molecule has 4 rings (SSSR count). The number of amides is 1. The zero-order chi connectivity index (χ0) is 26.1. The van der Waals surface area contributed by atoms with E-state index in [2.05, 4.69) is 31.1 Å². The van der Waals surface area contributed by atoms with Gasteiger partial charge in [0.25, 0.3) is 5.91 Å². The quantitative estimate of drug-likeness (QED) is 0.380. The lowest BCUT2D eigenvalue weighted by molar-refractivity contribution is -0.142. The van der Waals surface area contributed by atoms with E-state index in [0.29, 0.717) is 36.1 Å². The highest BCUT2D eigenvalue weighted by Crippen LogP contribution is 2.32. The summed E-state index contributed by atoms with van der Waals surface area (Å²) in [6.07, 6.45) is 4.99. The average Bonchev–Trinajstić information content (AvgIpc) is 2.89. The number of carbonyl (C=O) groups excluding carboxylic acids is 2. The SMILES string of the molecule is CNC.O=Cc1ccc(N2CCC(CC3CCN(C(=O)C(O)c4cccc(Br)c4)CC3)CC2)nc1Cl. The van der Waals surface area contributed by atoms with Gasteiger partial charge in [-0.1, -0.05) is 39.7 Å². The van der Waals surface area contributed by atoms with Crippen LogP contribution in [-0.2, 0) is 4.79 Å². The zero-order valence-corrected chi connectivity index (χ0v) is 23.3. The molecule has 2 saturated heterocycles. The van der Waals surface area contributed by atoms with Gasteiger partial charge in [0.15, 0.2) is 12.4 Å². The van der Waals surface area contributed by atoms with E-state index in [4.69, 9.17) is 11.6 Å². The van der Waals surface area contributed by atoms with Gasteiger partial charge < -0.3 is 20.2 Å². The van der Waals surface area contributed by atoms with Crippen molar-refractivity contribution in [1.82, 2.24) is 15.2 Å². The molecule has 36 heavy (non-hydrogen) atoms. The van der Waals surface area contributed by atoms with Gasteiger partial charge in [0.05, 0.1) is 5.56 Å². The van der Waals surface area contributed by atoms with Crippen molar-refractivity contribution in [2.45, 2.75) is 38.2 Å². The first-order valence-electron chi connectivity index (χ1n) is 12.5. The fourth-order valence-electron chi connectivity index (χ4n) is 4.95. The van der Waals surface area contributed by atoms with Crippen LogP contribution >= 0.6 is 27.5 Å². The van der Waals surface area contributed by atoms with Crippen LogP contribution in [0.1, 0.15) is 54.1 Å². The summed E-state index contributed by atoms with van der Waals surface area (Å²) in [4.78, 5) is 32.1. The number of aromatic nitrogens is 1. The van der Waals surface area contributed by atoms with Gasteiger partial charge in [0, 0.05) is 30.7 Å². The third-order valence-corrected chi connectivity index (χ3v) is 7.72. The molecule has 1 unspecified atom stereocenters. The summed E-state index contributed by atoms with van der Waals surface area (Å²) in [5.74, 6) is 1.92. The Labute approximate surface area is 227 Å². The topological polar surface area (TPSA) is 85.8 Å². The Hall–Kier alpha value is -2.00. The second kappa shape index (κ2) is 14.1. The first kappa shape index (κ1) is 28.6. The molecule has 1 aromatic heterocycles. The Morgan fingerprint density at radius 3 is 2.31 bits per heavy atom. The third kappa shape index (κ3) is 7.75. The molecule has 2 aromatic rings. The largest absolute Gasteiger partial charge is 0.378 e. The Morgan fingerprint density at radius 2 is 1.75 bits per heavy atom. The van der Waals surface area contributed by atoms with E-state index in [1.807, 2.05) is 37.2 Å². The summed E-state index contributed by atoms with van der Waals surface area (Å²) < 4.78 is 0.855. The van der Waals surface area contributed by atoms with E-state index < -0.39 is 6.10 Å². The molecule has 0 bridgehead atoms. The lowest BCUT2D eigenvalue weighted by Crippen LogP contribution is -2.42. The number of rotatable bonds is 6. The maximum absolute atomic E-state index is 12.8. The Morgan fingerprint density at radius 1 is 1.14 bits per heavy atom. The Kier molecular flexibility index (Phi) is 11.2. The number of nitrogens with one attached hydrogen (secondary N) is 1. The summed E-state index contributed by atoms with van der Waals surface area (Å²) >= 11 is 9.48. The van der Waals surface area contributed by atoms with Gasteiger partial charge in [0.2, 0.25) is 0 Å². The summed E-state index contributed by atoms with van der Waals surface area (Å²) in [6, 6.07) is 10.9. The van der Waals surface area contributed by atoms with Crippen LogP contribution in [-0.4, -0.2) is 67.5 Å². The molecule has 1 amide bonds. The second-order valence-electron chi connectivity index (χ2n) is 9.56. The van der Waals surface area contributed by atoms with E-state index in [1.54, 1.807) is 18.2 Å². The van der Waals surface area contributed by atoms with E-state index in [-0.39, 0.29) is 11.1 Å². The summed E-state index contributed by atoms with van der Waals surface area (Å²) in [7, 11) is 3.75. The van der Waals surface area contributed by atoms with Gasteiger partial charge in [-0.25, -0.2) is 4.98 Å². The zero-order valence-electron chi connectivity index (χ0n) is 21.0. The first-order chi connectivity index (χ1) is 17.4. The Balaban J connectivity index is 0.00000115. The molecule has 9 heteroatoms. The molecular formula is C27H36BrClN4O3. The van der Waals surface area contributed by atoms with Crippen molar-refractivity contribution in [2.24, 2.45) is 11.8 Å². The van der Waals surface area contributed by atoms with Crippen LogP contribution in [0.5, 0.6) is 0 Å². The molecule has 0 saturated carbocycles. The van der Waals surface area contributed by atoms with E-state index >= 15 is 0 Å². The number of halogens is 2. The van der Waals surface area contributed by atoms with Crippen molar-refractivity contribution in [2.75, 3.05) is 45.2 Å². The van der Waals surface area contributed by atoms with Crippen molar-refractivity contribution in [3.8, 4) is 0 Å². The van der Waals surface area contributed by atoms with E-state index in [9.17, 15) is 14.7 Å². The molecule has 0 spiro atoms. The second-order valence-corrected chi connectivity index (χ2v) is 10.8. The lowest BCUT2D eigenvalue weighted by atomic mass is 9.82. The van der Waals surface area contributed by atoms with Gasteiger partial charge in [-0.15, -0.1) is 0 Å². The predicted molar refractivity (Wildman–Crippen MR) is 148 cm³/mol. The molecule has 0 radical (unpaired) electrons. The number of hydrogen-bond donors (Lipinski definition) is 2. The number of likely N-dealkylation sites (tertiary alicyclic amines) is 1. The van der Waals surface area contributed by atoms with Crippen molar-refractivity contribution in [3.05, 3.63) is 57.2 Å². The fourth-order valence-corrected chi connectivity index (χ4v) is 5.56. The number of hydrogen-bond acceptors (Lipinski definition) is 6. The number of aliphatic hydroxyl groups excluding tert-OH is 1. The van der Waals surface area contributed by atoms with Crippen LogP contribution in [0.25, 0.3) is 0 Å². The van der Waals surface area contributed by atoms with Gasteiger partial charge in [-0.05, 0) is 87.9 Å². The van der Waals surface area contributed by atoms with Crippen molar-refractivity contribution >= 4 is 45.5 Å². The molecule has 2 fully saturated rings. The van der Waals surface area contributed by atoms with Gasteiger partial charge in [0.1, 0.15) is 11.0 Å². The lowest BCUT2D eigenvalue weighted by Gasteiger charge is -2.37. The van der Waals surface area contributed by atoms with Crippen LogP contribution in [0, 0.1) is 11.8 Å².